The Morgan fingerprint density at radius 2 is 2.00 bits per heavy atom. The van der Waals surface area contributed by atoms with Gasteiger partial charge in [-0.05, 0) is 62.3 Å². The van der Waals surface area contributed by atoms with Crippen molar-refractivity contribution >= 4 is 39.0 Å². The van der Waals surface area contributed by atoms with Crippen molar-refractivity contribution in [2.75, 3.05) is 23.8 Å². The van der Waals surface area contributed by atoms with Crippen molar-refractivity contribution in [2.45, 2.75) is 57.3 Å². The van der Waals surface area contributed by atoms with E-state index in [1.165, 1.54) is 4.52 Å². The van der Waals surface area contributed by atoms with Crippen LogP contribution in [0.4, 0.5) is 11.5 Å². The van der Waals surface area contributed by atoms with Crippen LogP contribution in [0, 0.1) is 5.92 Å². The summed E-state index contributed by atoms with van der Waals surface area (Å²) >= 11 is 0. The molecule has 6 rings (SSSR count). The highest BCUT2D eigenvalue weighted by Gasteiger charge is 2.40. The molecule has 13 heteroatoms. The number of hydrogen-bond acceptors (Lipinski definition) is 8. The van der Waals surface area contributed by atoms with E-state index in [-0.39, 0.29) is 52.7 Å². The summed E-state index contributed by atoms with van der Waals surface area (Å²) in [5.41, 5.74) is 8.95. The van der Waals surface area contributed by atoms with Gasteiger partial charge in [-0.15, -0.1) is 5.10 Å². The van der Waals surface area contributed by atoms with Crippen LogP contribution in [-0.4, -0.2) is 71.3 Å². The van der Waals surface area contributed by atoms with Crippen LogP contribution in [0.1, 0.15) is 58.9 Å². The number of benzene rings is 1. The SMILES string of the molecule is COC1CC(NC(=O)c2c(N)nn3ccc(-c4cc5c(c(NS(C)(=O)=O)c4)C(=O)N(C(C)C4CC4)C5)nc23)C1. The predicted molar refractivity (Wildman–Crippen MR) is 145 cm³/mol. The second-order valence-corrected chi connectivity index (χ2v) is 12.5. The van der Waals surface area contributed by atoms with Gasteiger partial charge in [-0.1, -0.05) is 0 Å². The maximum absolute atomic E-state index is 13.4. The molecule has 2 aliphatic carbocycles. The van der Waals surface area contributed by atoms with Gasteiger partial charge < -0.3 is 20.7 Å². The molecule has 3 aliphatic rings. The number of nitrogens with two attached hydrogens (primary N) is 1. The first kappa shape index (κ1) is 25.6. The summed E-state index contributed by atoms with van der Waals surface area (Å²) < 4.78 is 33.7. The average molecular weight is 554 g/mol. The molecule has 1 unspecified atom stereocenters. The summed E-state index contributed by atoms with van der Waals surface area (Å²) in [5, 5.41) is 7.21. The number of amides is 2. The van der Waals surface area contributed by atoms with Crippen molar-refractivity contribution in [3.8, 4) is 11.3 Å². The molecule has 3 heterocycles. The molecule has 0 spiro atoms. The van der Waals surface area contributed by atoms with Crippen LogP contribution in [-0.2, 0) is 21.3 Å². The molecule has 39 heavy (non-hydrogen) atoms. The van der Waals surface area contributed by atoms with Gasteiger partial charge in [0.1, 0.15) is 5.56 Å². The minimum absolute atomic E-state index is 0.0140. The van der Waals surface area contributed by atoms with Gasteiger partial charge in [0.15, 0.2) is 11.5 Å². The Morgan fingerprint density at radius 3 is 2.67 bits per heavy atom. The Bertz CT molecular complexity index is 1610. The van der Waals surface area contributed by atoms with Crippen molar-refractivity contribution in [1.82, 2.24) is 24.8 Å². The molecule has 1 atom stereocenters. The number of methoxy groups -OCH3 is 1. The third-order valence-electron chi connectivity index (χ3n) is 7.93. The molecule has 206 valence electrons. The predicted octanol–water partition coefficient (Wildman–Crippen LogP) is 2.01. The van der Waals surface area contributed by atoms with Crippen molar-refractivity contribution in [2.24, 2.45) is 5.92 Å². The number of carbonyl (C=O) groups is 2. The lowest BCUT2D eigenvalue weighted by Crippen LogP contribution is -2.47. The van der Waals surface area contributed by atoms with Crippen molar-refractivity contribution in [3.05, 3.63) is 41.1 Å². The van der Waals surface area contributed by atoms with E-state index in [0.717, 1.165) is 37.5 Å². The summed E-state index contributed by atoms with van der Waals surface area (Å²) in [6.07, 6.45) is 6.45. The Morgan fingerprint density at radius 1 is 1.26 bits per heavy atom. The van der Waals surface area contributed by atoms with Gasteiger partial charge >= 0.3 is 0 Å². The zero-order chi connectivity index (χ0) is 27.6. The quantitative estimate of drug-likeness (QED) is 0.382. The fraction of sp³-hybridized carbons (Fsp3) is 0.462. The lowest BCUT2D eigenvalue weighted by atomic mass is 9.89. The number of aromatic nitrogens is 3. The maximum atomic E-state index is 13.4. The van der Waals surface area contributed by atoms with Crippen LogP contribution in [0.5, 0.6) is 0 Å². The van der Waals surface area contributed by atoms with Crippen LogP contribution in [0.15, 0.2) is 24.4 Å². The fourth-order valence-corrected chi connectivity index (χ4v) is 6.09. The van der Waals surface area contributed by atoms with Crippen LogP contribution < -0.4 is 15.8 Å². The van der Waals surface area contributed by atoms with E-state index in [0.29, 0.717) is 29.3 Å². The summed E-state index contributed by atoms with van der Waals surface area (Å²) in [7, 11) is -2.01. The van der Waals surface area contributed by atoms with E-state index in [2.05, 4.69) is 15.1 Å². The van der Waals surface area contributed by atoms with Gasteiger partial charge in [0.05, 0.1) is 29.3 Å². The van der Waals surface area contributed by atoms with Gasteiger partial charge in [0.25, 0.3) is 11.8 Å². The van der Waals surface area contributed by atoms with Crippen molar-refractivity contribution in [3.63, 3.8) is 0 Å². The van der Waals surface area contributed by atoms with E-state index in [1.54, 1.807) is 25.4 Å². The van der Waals surface area contributed by atoms with Crippen molar-refractivity contribution in [1.29, 1.82) is 0 Å². The Hall–Kier alpha value is -3.71. The van der Waals surface area contributed by atoms with E-state index < -0.39 is 10.0 Å². The number of carbonyl (C=O) groups excluding carboxylic acids is 2. The molecule has 4 N–H and O–H groups in total. The monoisotopic (exact) mass is 553 g/mol. The average Bonchev–Trinajstić information content (AvgIpc) is 3.56. The van der Waals surface area contributed by atoms with Gasteiger partial charge in [0.2, 0.25) is 10.0 Å². The second-order valence-electron chi connectivity index (χ2n) is 10.8. The first-order chi connectivity index (χ1) is 18.5. The summed E-state index contributed by atoms with van der Waals surface area (Å²) in [4.78, 5) is 33.0. The highest BCUT2D eigenvalue weighted by atomic mass is 32.2. The summed E-state index contributed by atoms with van der Waals surface area (Å²) in [6.45, 7) is 2.43. The number of nitrogen functional groups attached to an aromatic ring is 1. The fourth-order valence-electron chi connectivity index (χ4n) is 5.53. The van der Waals surface area contributed by atoms with E-state index in [9.17, 15) is 18.0 Å². The molecular weight excluding hydrogens is 522 g/mol. The molecule has 2 fully saturated rings. The summed E-state index contributed by atoms with van der Waals surface area (Å²) in [5.74, 6) is -0.0195. The normalized spacial score (nSPS) is 21.5. The first-order valence-electron chi connectivity index (χ1n) is 13.0. The first-order valence-corrected chi connectivity index (χ1v) is 14.9. The standard InChI is InChI=1S/C26H31N7O5S/c1-13(14-4-5-14)32-12-16-8-15(9-20(21(16)26(32)35)31-39(3,36)37)19-6-7-33-24(29-19)22(23(27)30-33)25(34)28-17-10-18(11-17)38-2/h6-9,13-14,17-18,31H,4-5,10-12H2,1-3H3,(H2,27,30)(H,28,34). The smallest absolute Gasteiger partial charge is 0.259 e. The molecule has 0 bridgehead atoms. The maximum Gasteiger partial charge on any atom is 0.259 e. The van der Waals surface area contributed by atoms with Crippen LogP contribution >= 0.6 is 0 Å². The van der Waals surface area contributed by atoms with E-state index >= 15 is 0 Å². The molecule has 0 radical (unpaired) electrons. The van der Waals surface area contributed by atoms with Crippen LogP contribution in [0.3, 0.4) is 0 Å². The van der Waals surface area contributed by atoms with Crippen LogP contribution in [0.25, 0.3) is 16.9 Å². The zero-order valence-electron chi connectivity index (χ0n) is 22.0. The minimum Gasteiger partial charge on any atom is -0.381 e. The molecule has 0 saturated heterocycles. The molecule has 3 aromatic rings. The number of rotatable bonds is 8. The highest BCUT2D eigenvalue weighted by molar-refractivity contribution is 7.92. The number of sulfonamides is 1. The number of anilines is 2. The number of hydrogen-bond donors (Lipinski definition) is 3. The highest BCUT2D eigenvalue weighted by Crippen LogP contribution is 2.41. The Kier molecular flexibility index (Phi) is 6.03. The molecule has 2 amide bonds. The molecule has 2 aromatic heterocycles. The van der Waals surface area contributed by atoms with Gasteiger partial charge in [0, 0.05) is 37.5 Å². The van der Waals surface area contributed by atoms with Crippen LogP contribution in [0.2, 0.25) is 0 Å². The van der Waals surface area contributed by atoms with Gasteiger partial charge in [-0.25, -0.2) is 17.9 Å². The van der Waals surface area contributed by atoms with Crippen molar-refractivity contribution < 1.29 is 22.7 Å². The molecule has 1 aliphatic heterocycles. The Balaban J connectivity index is 1.38. The number of nitrogens with zero attached hydrogens (tertiary/aromatic N) is 4. The molecule has 1 aromatic carbocycles. The third kappa shape index (κ3) is 4.69. The summed E-state index contributed by atoms with van der Waals surface area (Å²) in [6, 6.07) is 5.24. The van der Waals surface area contributed by atoms with E-state index in [1.807, 2.05) is 17.9 Å². The molecule has 2 saturated carbocycles. The molecular formula is C26H31N7O5S. The largest absolute Gasteiger partial charge is 0.381 e. The minimum atomic E-state index is -3.66. The lowest BCUT2D eigenvalue weighted by Gasteiger charge is -2.34. The van der Waals surface area contributed by atoms with Gasteiger partial charge in [-0.2, -0.15) is 0 Å². The second kappa shape index (κ2) is 9.19. The number of nitrogens with one attached hydrogen (secondary N) is 2. The topological polar surface area (TPSA) is 161 Å². The number of fused-ring (bicyclic) bond motifs is 2. The van der Waals surface area contributed by atoms with E-state index in [4.69, 9.17) is 15.5 Å². The Labute approximate surface area is 226 Å². The number of ether oxygens (including phenoxy) is 1. The van der Waals surface area contributed by atoms with Gasteiger partial charge in [-0.3, -0.25) is 14.3 Å². The zero-order valence-corrected chi connectivity index (χ0v) is 22.8. The molecule has 12 nitrogen and oxygen atoms in total. The third-order valence-corrected chi connectivity index (χ3v) is 8.52. The lowest BCUT2D eigenvalue weighted by molar-refractivity contribution is 0.0176.